The Morgan fingerprint density at radius 2 is 2.44 bits per heavy atom. The van der Waals surface area contributed by atoms with Gasteiger partial charge in [0.05, 0.1) is 19.3 Å². The molecule has 2 N–H and O–H groups in total. The quantitative estimate of drug-likeness (QED) is 0.757. The van der Waals surface area contributed by atoms with Crippen molar-refractivity contribution in [1.29, 1.82) is 0 Å². The number of fused-ring (bicyclic) bond motifs is 2. The zero-order valence-electron chi connectivity index (χ0n) is 9.46. The molecule has 2 aliphatic rings. The van der Waals surface area contributed by atoms with Crippen LogP contribution in [0.25, 0.3) is 0 Å². The summed E-state index contributed by atoms with van der Waals surface area (Å²) in [4.78, 5) is 1.49. The average Bonchev–Trinajstić information content (AvgIpc) is 2.94. The van der Waals surface area contributed by atoms with Gasteiger partial charge >= 0.3 is 0 Å². The van der Waals surface area contributed by atoms with Crippen molar-refractivity contribution in [3.8, 4) is 0 Å². The molecule has 0 amide bonds. The number of nitrogens with zero attached hydrogens (tertiary/aromatic N) is 4. The number of hydrogen-bond acceptors (Lipinski definition) is 5. The molecule has 2 fully saturated rings. The standard InChI is InChI=1S/C10H17N5O/c1-15-13-9(12-14-15)5-10(6-11)4-7-2-3-8(10)16-7/h7-8H,2-6,11H2,1H3. The molecule has 0 spiro atoms. The molecule has 3 heterocycles. The van der Waals surface area contributed by atoms with Gasteiger partial charge in [-0.3, -0.25) is 0 Å². The maximum absolute atomic E-state index is 5.95. The van der Waals surface area contributed by atoms with Gasteiger partial charge in [0.25, 0.3) is 0 Å². The predicted molar refractivity (Wildman–Crippen MR) is 56.5 cm³/mol. The van der Waals surface area contributed by atoms with Gasteiger partial charge in [-0.2, -0.15) is 4.80 Å². The van der Waals surface area contributed by atoms with Crippen LogP contribution in [0.4, 0.5) is 0 Å². The Morgan fingerprint density at radius 3 is 2.94 bits per heavy atom. The van der Waals surface area contributed by atoms with Crippen LogP contribution in [0.3, 0.4) is 0 Å². The Hall–Kier alpha value is -1.01. The van der Waals surface area contributed by atoms with E-state index in [0.717, 1.165) is 25.1 Å². The highest BCUT2D eigenvalue weighted by atomic mass is 16.5. The second-order valence-corrected chi connectivity index (χ2v) is 4.97. The third-order valence-electron chi connectivity index (χ3n) is 3.89. The average molecular weight is 223 g/mol. The van der Waals surface area contributed by atoms with E-state index < -0.39 is 0 Å². The lowest BCUT2D eigenvalue weighted by molar-refractivity contribution is 0.0628. The fourth-order valence-electron chi connectivity index (χ4n) is 3.07. The Bertz CT molecular complexity index is 392. The van der Waals surface area contributed by atoms with Gasteiger partial charge < -0.3 is 10.5 Å². The molecule has 3 rings (SSSR count). The molecule has 6 nitrogen and oxygen atoms in total. The Morgan fingerprint density at radius 1 is 1.56 bits per heavy atom. The molecule has 88 valence electrons. The SMILES string of the molecule is Cn1nnc(CC2(CN)CC3CCC2O3)n1. The first kappa shape index (κ1) is 10.2. The summed E-state index contributed by atoms with van der Waals surface area (Å²) < 4.78 is 5.90. The molecule has 1 aromatic rings. The Balaban J connectivity index is 1.81. The van der Waals surface area contributed by atoms with Crippen LogP contribution >= 0.6 is 0 Å². The summed E-state index contributed by atoms with van der Waals surface area (Å²) in [6, 6.07) is 0. The predicted octanol–water partition coefficient (Wildman–Crippen LogP) is -0.351. The first-order valence-corrected chi connectivity index (χ1v) is 5.80. The highest BCUT2D eigenvalue weighted by Gasteiger charge is 2.51. The fourth-order valence-corrected chi connectivity index (χ4v) is 3.07. The topological polar surface area (TPSA) is 78.9 Å². The van der Waals surface area contributed by atoms with Crippen molar-refractivity contribution in [2.45, 2.75) is 37.9 Å². The number of hydrogen-bond donors (Lipinski definition) is 1. The van der Waals surface area contributed by atoms with E-state index in [0.29, 0.717) is 18.8 Å². The van der Waals surface area contributed by atoms with Gasteiger partial charge in [-0.25, -0.2) is 0 Å². The van der Waals surface area contributed by atoms with E-state index in [2.05, 4.69) is 15.4 Å². The largest absolute Gasteiger partial charge is 0.374 e. The molecule has 2 bridgehead atoms. The number of aromatic nitrogens is 4. The van der Waals surface area contributed by atoms with Crippen molar-refractivity contribution in [1.82, 2.24) is 20.2 Å². The fraction of sp³-hybridized carbons (Fsp3) is 0.900. The van der Waals surface area contributed by atoms with Crippen LogP contribution in [0.1, 0.15) is 25.1 Å². The molecular formula is C10H17N5O. The third kappa shape index (κ3) is 1.44. The molecule has 3 unspecified atom stereocenters. The smallest absolute Gasteiger partial charge is 0.175 e. The van der Waals surface area contributed by atoms with Crippen molar-refractivity contribution in [3.05, 3.63) is 5.82 Å². The van der Waals surface area contributed by atoms with Crippen LogP contribution in [-0.2, 0) is 18.2 Å². The minimum atomic E-state index is 0.0476. The monoisotopic (exact) mass is 223 g/mol. The number of tetrazole rings is 1. The summed E-state index contributed by atoms with van der Waals surface area (Å²) in [7, 11) is 1.78. The molecule has 6 heteroatoms. The van der Waals surface area contributed by atoms with Crippen molar-refractivity contribution >= 4 is 0 Å². The van der Waals surface area contributed by atoms with Crippen LogP contribution in [0.2, 0.25) is 0 Å². The van der Waals surface area contributed by atoms with Crippen molar-refractivity contribution < 1.29 is 4.74 Å². The molecule has 2 aliphatic heterocycles. The second kappa shape index (κ2) is 3.49. The number of aryl methyl sites for hydroxylation is 1. The Labute approximate surface area is 94.1 Å². The third-order valence-corrected chi connectivity index (χ3v) is 3.89. The molecule has 3 atom stereocenters. The van der Waals surface area contributed by atoms with Gasteiger partial charge in [-0.15, -0.1) is 10.2 Å². The van der Waals surface area contributed by atoms with Gasteiger partial charge in [0.2, 0.25) is 0 Å². The van der Waals surface area contributed by atoms with Crippen LogP contribution in [0.5, 0.6) is 0 Å². The summed E-state index contributed by atoms with van der Waals surface area (Å²) in [6.45, 7) is 0.645. The zero-order chi connectivity index (χ0) is 11.2. The van der Waals surface area contributed by atoms with Gasteiger partial charge in [-0.05, 0) is 24.5 Å². The summed E-state index contributed by atoms with van der Waals surface area (Å²) in [6.07, 6.45) is 4.85. The van der Waals surface area contributed by atoms with E-state index in [1.54, 1.807) is 7.05 Å². The lowest BCUT2D eigenvalue weighted by atomic mass is 9.71. The van der Waals surface area contributed by atoms with E-state index >= 15 is 0 Å². The van der Waals surface area contributed by atoms with Gasteiger partial charge in [-0.1, -0.05) is 0 Å². The minimum absolute atomic E-state index is 0.0476. The van der Waals surface area contributed by atoms with E-state index in [4.69, 9.17) is 10.5 Å². The van der Waals surface area contributed by atoms with Crippen LogP contribution in [0.15, 0.2) is 0 Å². The van der Waals surface area contributed by atoms with Crippen LogP contribution in [-0.4, -0.2) is 39.0 Å². The molecule has 1 aromatic heterocycles. The normalized spacial score (nSPS) is 37.1. The highest BCUT2D eigenvalue weighted by molar-refractivity contribution is 5.05. The molecule has 16 heavy (non-hydrogen) atoms. The van der Waals surface area contributed by atoms with Gasteiger partial charge in [0.15, 0.2) is 5.82 Å². The molecule has 0 saturated carbocycles. The molecule has 2 saturated heterocycles. The number of ether oxygens (including phenoxy) is 1. The number of nitrogens with two attached hydrogens (primary N) is 1. The Kier molecular flexibility index (Phi) is 2.22. The van der Waals surface area contributed by atoms with E-state index in [1.807, 2.05) is 0 Å². The lowest BCUT2D eigenvalue weighted by Gasteiger charge is -2.32. The van der Waals surface area contributed by atoms with Gasteiger partial charge in [0, 0.05) is 18.4 Å². The molecule has 0 aliphatic carbocycles. The minimum Gasteiger partial charge on any atom is -0.374 e. The summed E-state index contributed by atoms with van der Waals surface area (Å²) in [5.41, 5.74) is 5.99. The summed E-state index contributed by atoms with van der Waals surface area (Å²) >= 11 is 0. The number of rotatable bonds is 3. The molecular weight excluding hydrogens is 206 g/mol. The van der Waals surface area contributed by atoms with Crippen LogP contribution in [0, 0.1) is 5.41 Å². The maximum Gasteiger partial charge on any atom is 0.175 e. The molecule has 0 aromatic carbocycles. The van der Waals surface area contributed by atoms with Crippen molar-refractivity contribution in [3.63, 3.8) is 0 Å². The van der Waals surface area contributed by atoms with Crippen molar-refractivity contribution in [2.24, 2.45) is 18.2 Å². The van der Waals surface area contributed by atoms with Crippen LogP contribution < -0.4 is 5.73 Å². The highest BCUT2D eigenvalue weighted by Crippen LogP contribution is 2.48. The van der Waals surface area contributed by atoms with E-state index in [9.17, 15) is 0 Å². The zero-order valence-corrected chi connectivity index (χ0v) is 9.46. The van der Waals surface area contributed by atoms with Gasteiger partial charge in [0.1, 0.15) is 0 Å². The van der Waals surface area contributed by atoms with E-state index in [-0.39, 0.29) is 5.41 Å². The first-order chi connectivity index (χ1) is 7.72. The lowest BCUT2D eigenvalue weighted by Crippen LogP contribution is -2.41. The molecule has 0 radical (unpaired) electrons. The maximum atomic E-state index is 5.95. The first-order valence-electron chi connectivity index (χ1n) is 5.80. The van der Waals surface area contributed by atoms with E-state index in [1.165, 1.54) is 11.2 Å². The van der Waals surface area contributed by atoms with Crippen molar-refractivity contribution in [2.75, 3.05) is 6.54 Å². The summed E-state index contributed by atoms with van der Waals surface area (Å²) in [5, 5.41) is 12.1. The second-order valence-electron chi connectivity index (χ2n) is 4.97. The summed E-state index contributed by atoms with van der Waals surface area (Å²) in [5.74, 6) is 0.782.